The summed E-state index contributed by atoms with van der Waals surface area (Å²) in [7, 11) is 0. The smallest absolute Gasteiger partial charge is 0.160 e. The summed E-state index contributed by atoms with van der Waals surface area (Å²) >= 11 is 0. The van der Waals surface area contributed by atoms with Gasteiger partial charge in [-0.25, -0.2) is 18.4 Å². The highest BCUT2D eigenvalue weighted by Crippen LogP contribution is 2.14. The topological polar surface area (TPSA) is 43.2 Å². The molecule has 1 aliphatic heterocycles. The monoisotopic (exact) mass is 308 g/mol. The average molecular weight is 308 g/mol. The van der Waals surface area contributed by atoms with Gasteiger partial charge in [0.05, 0.1) is 18.9 Å². The fourth-order valence-electron chi connectivity index (χ4n) is 2.55. The van der Waals surface area contributed by atoms with Gasteiger partial charge in [0.2, 0.25) is 0 Å². The van der Waals surface area contributed by atoms with Crippen LogP contribution in [0.2, 0.25) is 0 Å². The van der Waals surface area contributed by atoms with E-state index in [1.807, 2.05) is 0 Å². The Morgan fingerprint density at radius 3 is 2.73 bits per heavy atom. The first-order valence-electron chi connectivity index (χ1n) is 7.38. The Bertz CT molecular complexity index is 626. The van der Waals surface area contributed by atoms with E-state index in [9.17, 15) is 8.78 Å². The zero-order chi connectivity index (χ0) is 15.4. The second-order valence-corrected chi connectivity index (χ2v) is 5.24. The molecule has 1 aliphatic rings. The van der Waals surface area contributed by atoms with Crippen LogP contribution in [0.3, 0.4) is 0 Å². The van der Waals surface area contributed by atoms with Gasteiger partial charge in [-0.2, -0.15) is 5.10 Å². The summed E-state index contributed by atoms with van der Waals surface area (Å²) in [4.78, 5) is 6.57. The fraction of sp³-hybridized carbons (Fsp3) is 0.467. The van der Waals surface area contributed by atoms with E-state index in [-0.39, 0.29) is 0 Å². The summed E-state index contributed by atoms with van der Waals surface area (Å²) < 4.78 is 33.2. The fourth-order valence-corrected chi connectivity index (χ4v) is 2.55. The van der Waals surface area contributed by atoms with E-state index in [1.54, 1.807) is 4.68 Å². The number of hydrogen-bond acceptors (Lipinski definition) is 4. The van der Waals surface area contributed by atoms with Crippen molar-refractivity contribution in [2.45, 2.75) is 12.8 Å². The molecule has 5 nitrogen and oxygen atoms in total. The van der Waals surface area contributed by atoms with Crippen molar-refractivity contribution in [1.82, 2.24) is 19.7 Å². The predicted molar refractivity (Wildman–Crippen MR) is 76.9 cm³/mol. The first kappa shape index (κ1) is 15.1. The molecule has 1 aromatic carbocycles. The Balaban J connectivity index is 1.63. The van der Waals surface area contributed by atoms with Crippen molar-refractivity contribution in [3.8, 4) is 5.69 Å². The number of aromatic nitrogens is 3. The van der Waals surface area contributed by atoms with E-state index < -0.39 is 11.6 Å². The molecular weight excluding hydrogens is 290 g/mol. The number of nitrogens with zero attached hydrogens (tertiary/aromatic N) is 4. The molecule has 0 spiro atoms. The van der Waals surface area contributed by atoms with Gasteiger partial charge >= 0.3 is 0 Å². The second-order valence-electron chi connectivity index (χ2n) is 5.24. The summed E-state index contributed by atoms with van der Waals surface area (Å²) in [6.45, 7) is 4.44. The standard InChI is InChI=1S/C15H18F2N4O/c16-13-4-3-12(10-14(13)17)21-15(18-11-19-21)2-1-5-20-6-8-22-9-7-20/h3-4,10-11H,1-2,5-9H2. The second kappa shape index (κ2) is 6.93. The molecule has 0 unspecified atom stereocenters. The van der Waals surface area contributed by atoms with Crippen molar-refractivity contribution in [3.63, 3.8) is 0 Å². The molecule has 7 heteroatoms. The minimum Gasteiger partial charge on any atom is -0.379 e. The maximum Gasteiger partial charge on any atom is 0.160 e. The first-order chi connectivity index (χ1) is 10.7. The van der Waals surface area contributed by atoms with Crippen molar-refractivity contribution in [3.05, 3.63) is 42.0 Å². The zero-order valence-electron chi connectivity index (χ0n) is 12.2. The van der Waals surface area contributed by atoms with Crippen LogP contribution in [-0.2, 0) is 11.2 Å². The predicted octanol–water partition coefficient (Wildman–Crippen LogP) is 1.81. The molecule has 1 fully saturated rings. The highest BCUT2D eigenvalue weighted by molar-refractivity contribution is 5.32. The van der Waals surface area contributed by atoms with E-state index in [0.29, 0.717) is 5.69 Å². The lowest BCUT2D eigenvalue weighted by Crippen LogP contribution is -2.37. The van der Waals surface area contributed by atoms with Crippen LogP contribution in [0.1, 0.15) is 12.2 Å². The number of halogens is 2. The molecule has 0 aliphatic carbocycles. The van der Waals surface area contributed by atoms with Gasteiger partial charge < -0.3 is 4.74 Å². The number of aryl methyl sites for hydroxylation is 1. The highest BCUT2D eigenvalue weighted by Gasteiger charge is 2.12. The third kappa shape index (κ3) is 3.48. The van der Waals surface area contributed by atoms with E-state index in [0.717, 1.165) is 63.6 Å². The molecule has 22 heavy (non-hydrogen) atoms. The summed E-state index contributed by atoms with van der Waals surface area (Å²) in [6, 6.07) is 3.73. The molecule has 0 saturated carbocycles. The van der Waals surface area contributed by atoms with Crippen LogP contribution in [0.15, 0.2) is 24.5 Å². The van der Waals surface area contributed by atoms with Crippen LogP contribution in [0.5, 0.6) is 0 Å². The Labute approximate surface area is 127 Å². The van der Waals surface area contributed by atoms with Crippen molar-refractivity contribution < 1.29 is 13.5 Å². The van der Waals surface area contributed by atoms with Crippen LogP contribution in [0, 0.1) is 11.6 Å². The SMILES string of the molecule is Fc1ccc(-n2ncnc2CCCN2CCOCC2)cc1F. The number of ether oxygens (including phenoxy) is 1. The molecule has 118 valence electrons. The first-order valence-corrected chi connectivity index (χ1v) is 7.38. The van der Waals surface area contributed by atoms with Gasteiger partial charge in [-0.05, 0) is 25.1 Å². The van der Waals surface area contributed by atoms with Crippen LogP contribution in [0.4, 0.5) is 8.78 Å². The molecule has 2 aromatic rings. The van der Waals surface area contributed by atoms with Gasteiger partial charge in [0.25, 0.3) is 0 Å². The Hall–Kier alpha value is -1.86. The summed E-state index contributed by atoms with van der Waals surface area (Å²) in [5, 5.41) is 4.11. The number of morpholine rings is 1. The molecule has 0 atom stereocenters. The van der Waals surface area contributed by atoms with E-state index in [2.05, 4.69) is 15.0 Å². The molecule has 2 heterocycles. The molecular formula is C15H18F2N4O. The Morgan fingerprint density at radius 2 is 1.95 bits per heavy atom. The molecule has 0 radical (unpaired) electrons. The lowest BCUT2D eigenvalue weighted by molar-refractivity contribution is 0.0374. The largest absolute Gasteiger partial charge is 0.379 e. The minimum atomic E-state index is -0.882. The van der Waals surface area contributed by atoms with Crippen LogP contribution < -0.4 is 0 Å². The average Bonchev–Trinajstić information content (AvgIpc) is 3.00. The molecule has 1 saturated heterocycles. The zero-order valence-corrected chi connectivity index (χ0v) is 12.2. The lowest BCUT2D eigenvalue weighted by Gasteiger charge is -2.26. The maximum absolute atomic E-state index is 13.3. The third-order valence-electron chi connectivity index (χ3n) is 3.74. The normalized spacial score (nSPS) is 16.1. The van der Waals surface area contributed by atoms with E-state index >= 15 is 0 Å². The number of benzene rings is 1. The van der Waals surface area contributed by atoms with Crippen LogP contribution in [-0.4, -0.2) is 52.5 Å². The number of hydrogen-bond donors (Lipinski definition) is 0. The molecule has 0 N–H and O–H groups in total. The van der Waals surface area contributed by atoms with Gasteiger partial charge in [0, 0.05) is 25.6 Å². The van der Waals surface area contributed by atoms with Gasteiger partial charge in [-0.1, -0.05) is 0 Å². The highest BCUT2D eigenvalue weighted by atomic mass is 19.2. The van der Waals surface area contributed by atoms with Crippen molar-refractivity contribution in [2.24, 2.45) is 0 Å². The number of rotatable bonds is 5. The maximum atomic E-state index is 13.3. The summed E-state index contributed by atoms with van der Waals surface area (Å²) in [5.41, 5.74) is 0.484. The van der Waals surface area contributed by atoms with Gasteiger partial charge in [0.1, 0.15) is 12.2 Å². The van der Waals surface area contributed by atoms with E-state index in [4.69, 9.17) is 4.74 Å². The van der Waals surface area contributed by atoms with E-state index in [1.165, 1.54) is 12.4 Å². The summed E-state index contributed by atoms with van der Waals surface area (Å²) in [5.74, 6) is -0.996. The lowest BCUT2D eigenvalue weighted by atomic mass is 10.2. The molecule has 1 aromatic heterocycles. The molecule has 0 bridgehead atoms. The summed E-state index contributed by atoms with van der Waals surface area (Å²) in [6.07, 6.45) is 3.10. The van der Waals surface area contributed by atoms with Crippen molar-refractivity contribution in [1.29, 1.82) is 0 Å². The third-order valence-corrected chi connectivity index (χ3v) is 3.74. The molecule has 0 amide bonds. The minimum absolute atomic E-state index is 0.484. The van der Waals surface area contributed by atoms with Crippen LogP contribution in [0.25, 0.3) is 5.69 Å². The van der Waals surface area contributed by atoms with Crippen molar-refractivity contribution in [2.75, 3.05) is 32.8 Å². The quantitative estimate of drug-likeness (QED) is 0.845. The van der Waals surface area contributed by atoms with Gasteiger partial charge in [-0.3, -0.25) is 4.90 Å². The molecule has 3 rings (SSSR count). The van der Waals surface area contributed by atoms with Crippen LogP contribution >= 0.6 is 0 Å². The van der Waals surface area contributed by atoms with Crippen molar-refractivity contribution >= 4 is 0 Å². The van der Waals surface area contributed by atoms with Gasteiger partial charge in [-0.15, -0.1) is 0 Å². The van der Waals surface area contributed by atoms with Gasteiger partial charge in [0.15, 0.2) is 11.6 Å². The Kier molecular flexibility index (Phi) is 4.74. The Morgan fingerprint density at radius 1 is 1.14 bits per heavy atom.